The van der Waals surface area contributed by atoms with E-state index >= 15 is 0 Å². The summed E-state index contributed by atoms with van der Waals surface area (Å²) in [6, 6.07) is 4.67. The molecule has 0 aromatic heterocycles. The zero-order valence-electron chi connectivity index (χ0n) is 13.7. The molecule has 0 saturated carbocycles. The Kier molecular flexibility index (Phi) is 7.44. The fourth-order valence-corrected chi connectivity index (χ4v) is 2.92. The Bertz CT molecular complexity index is 443. The van der Waals surface area contributed by atoms with Crippen LogP contribution in [0.5, 0.6) is 0 Å². The summed E-state index contributed by atoms with van der Waals surface area (Å²) in [4.78, 5) is 10.8. The first kappa shape index (κ1) is 17.7. The van der Waals surface area contributed by atoms with Gasteiger partial charge in [0.25, 0.3) is 0 Å². The SMILES string of the molecule is CCc1cc(CC)c(C(N)CCCCC(N)=O)c(CC)c1. The second kappa shape index (κ2) is 8.83. The Labute approximate surface area is 129 Å². The predicted molar refractivity (Wildman–Crippen MR) is 89.2 cm³/mol. The van der Waals surface area contributed by atoms with Crippen LogP contribution in [0.4, 0.5) is 0 Å². The van der Waals surface area contributed by atoms with Crippen LogP contribution in [0.1, 0.15) is 74.8 Å². The highest BCUT2D eigenvalue weighted by Gasteiger charge is 2.15. The number of aryl methyl sites for hydroxylation is 3. The molecule has 21 heavy (non-hydrogen) atoms. The van der Waals surface area contributed by atoms with Gasteiger partial charge in [-0.05, 0) is 54.4 Å². The predicted octanol–water partition coefficient (Wildman–Crippen LogP) is 3.42. The minimum atomic E-state index is -0.223. The lowest BCUT2D eigenvalue weighted by atomic mass is 9.87. The van der Waals surface area contributed by atoms with Gasteiger partial charge in [0, 0.05) is 12.5 Å². The van der Waals surface area contributed by atoms with Crippen molar-refractivity contribution in [3.8, 4) is 0 Å². The largest absolute Gasteiger partial charge is 0.370 e. The number of nitrogens with two attached hydrogens (primary N) is 2. The summed E-state index contributed by atoms with van der Waals surface area (Å²) in [7, 11) is 0. The average molecular weight is 290 g/mol. The molecule has 1 amide bonds. The Morgan fingerprint density at radius 2 is 1.62 bits per heavy atom. The van der Waals surface area contributed by atoms with Gasteiger partial charge in [-0.1, -0.05) is 39.3 Å². The van der Waals surface area contributed by atoms with Crippen LogP contribution in [0.2, 0.25) is 0 Å². The van der Waals surface area contributed by atoms with Crippen molar-refractivity contribution in [3.05, 3.63) is 34.4 Å². The van der Waals surface area contributed by atoms with Crippen molar-refractivity contribution < 1.29 is 4.79 Å². The van der Waals surface area contributed by atoms with E-state index in [9.17, 15) is 4.79 Å². The zero-order chi connectivity index (χ0) is 15.8. The lowest BCUT2D eigenvalue weighted by Gasteiger charge is -2.21. The van der Waals surface area contributed by atoms with Crippen molar-refractivity contribution >= 4 is 5.91 Å². The first-order chi connectivity index (χ1) is 10.0. The molecule has 0 spiro atoms. The summed E-state index contributed by atoms with van der Waals surface area (Å²) in [5, 5.41) is 0. The highest BCUT2D eigenvalue weighted by Crippen LogP contribution is 2.28. The highest BCUT2D eigenvalue weighted by atomic mass is 16.1. The van der Waals surface area contributed by atoms with E-state index in [-0.39, 0.29) is 11.9 Å². The fourth-order valence-electron chi connectivity index (χ4n) is 2.92. The number of hydrogen-bond donors (Lipinski definition) is 2. The summed E-state index contributed by atoms with van der Waals surface area (Å²) in [5.41, 5.74) is 17.1. The molecule has 1 atom stereocenters. The minimum absolute atomic E-state index is 0.0636. The van der Waals surface area contributed by atoms with Crippen LogP contribution < -0.4 is 11.5 Å². The number of benzene rings is 1. The summed E-state index contributed by atoms with van der Waals surface area (Å²) in [6.07, 6.45) is 6.26. The maximum Gasteiger partial charge on any atom is 0.217 e. The molecule has 3 heteroatoms. The Morgan fingerprint density at radius 3 is 2.05 bits per heavy atom. The third-order valence-electron chi connectivity index (χ3n) is 4.14. The molecule has 1 rings (SSSR count). The molecule has 118 valence electrons. The van der Waals surface area contributed by atoms with E-state index in [0.29, 0.717) is 6.42 Å². The summed E-state index contributed by atoms with van der Waals surface area (Å²) in [5.74, 6) is -0.223. The second-order valence-electron chi connectivity index (χ2n) is 5.71. The van der Waals surface area contributed by atoms with Crippen LogP contribution in [0.15, 0.2) is 12.1 Å². The van der Waals surface area contributed by atoms with Crippen molar-refractivity contribution in [3.63, 3.8) is 0 Å². The van der Waals surface area contributed by atoms with Gasteiger partial charge >= 0.3 is 0 Å². The molecule has 0 aliphatic heterocycles. The molecular weight excluding hydrogens is 260 g/mol. The topological polar surface area (TPSA) is 69.1 Å². The second-order valence-corrected chi connectivity index (χ2v) is 5.71. The van der Waals surface area contributed by atoms with Gasteiger partial charge in [0.05, 0.1) is 0 Å². The van der Waals surface area contributed by atoms with Crippen LogP contribution in [-0.4, -0.2) is 5.91 Å². The van der Waals surface area contributed by atoms with E-state index in [1.807, 2.05) is 0 Å². The van der Waals surface area contributed by atoms with E-state index in [1.165, 1.54) is 22.3 Å². The van der Waals surface area contributed by atoms with E-state index in [0.717, 1.165) is 38.5 Å². The van der Waals surface area contributed by atoms with E-state index < -0.39 is 0 Å². The lowest BCUT2D eigenvalue weighted by molar-refractivity contribution is -0.118. The number of hydrogen-bond acceptors (Lipinski definition) is 2. The molecule has 0 bridgehead atoms. The molecule has 0 fully saturated rings. The Morgan fingerprint density at radius 1 is 1.05 bits per heavy atom. The molecule has 1 unspecified atom stereocenters. The number of carbonyl (C=O) groups excluding carboxylic acids is 1. The van der Waals surface area contributed by atoms with Gasteiger partial charge in [0.1, 0.15) is 0 Å². The van der Waals surface area contributed by atoms with Gasteiger partial charge < -0.3 is 11.5 Å². The molecule has 3 nitrogen and oxygen atoms in total. The van der Waals surface area contributed by atoms with Crippen LogP contribution in [-0.2, 0) is 24.1 Å². The van der Waals surface area contributed by atoms with Crippen LogP contribution in [0.25, 0.3) is 0 Å². The highest BCUT2D eigenvalue weighted by molar-refractivity contribution is 5.73. The van der Waals surface area contributed by atoms with E-state index in [2.05, 4.69) is 32.9 Å². The third kappa shape index (κ3) is 5.16. The maximum absolute atomic E-state index is 10.8. The number of rotatable bonds is 9. The number of primary amides is 1. The number of unbranched alkanes of at least 4 members (excludes halogenated alkanes) is 1. The van der Waals surface area contributed by atoms with Gasteiger partial charge in [-0.15, -0.1) is 0 Å². The monoisotopic (exact) mass is 290 g/mol. The molecule has 1 aromatic carbocycles. The standard InChI is InChI=1S/C18H30N2O/c1-4-13-11-14(5-2)18(15(6-3)12-13)16(19)9-7-8-10-17(20)21/h11-12,16H,4-10,19H2,1-3H3,(H2,20,21). The molecule has 4 N–H and O–H groups in total. The van der Waals surface area contributed by atoms with E-state index in [1.54, 1.807) is 0 Å². The molecule has 0 aliphatic rings. The lowest BCUT2D eigenvalue weighted by Crippen LogP contribution is -2.16. The van der Waals surface area contributed by atoms with Gasteiger partial charge in [0.2, 0.25) is 5.91 Å². The normalized spacial score (nSPS) is 12.4. The van der Waals surface area contributed by atoms with Crippen LogP contribution in [0.3, 0.4) is 0 Å². The van der Waals surface area contributed by atoms with E-state index in [4.69, 9.17) is 11.5 Å². The van der Waals surface area contributed by atoms with Crippen molar-refractivity contribution in [2.24, 2.45) is 11.5 Å². The summed E-state index contributed by atoms with van der Waals surface area (Å²) < 4.78 is 0. The van der Waals surface area contributed by atoms with Crippen LogP contribution >= 0.6 is 0 Å². The number of carbonyl (C=O) groups is 1. The Balaban J connectivity index is 2.86. The molecular formula is C18H30N2O. The van der Waals surface area contributed by atoms with Crippen molar-refractivity contribution in [2.45, 2.75) is 71.8 Å². The van der Waals surface area contributed by atoms with Gasteiger partial charge in [0.15, 0.2) is 0 Å². The molecule has 0 saturated heterocycles. The first-order valence-corrected chi connectivity index (χ1v) is 8.21. The molecule has 0 aliphatic carbocycles. The molecule has 0 heterocycles. The summed E-state index contributed by atoms with van der Waals surface area (Å²) in [6.45, 7) is 6.58. The first-order valence-electron chi connectivity index (χ1n) is 8.21. The van der Waals surface area contributed by atoms with Crippen molar-refractivity contribution in [1.82, 2.24) is 0 Å². The van der Waals surface area contributed by atoms with Crippen molar-refractivity contribution in [2.75, 3.05) is 0 Å². The van der Waals surface area contributed by atoms with Gasteiger partial charge in [-0.2, -0.15) is 0 Å². The zero-order valence-corrected chi connectivity index (χ0v) is 13.7. The molecule has 0 radical (unpaired) electrons. The molecule has 1 aromatic rings. The fraction of sp³-hybridized carbons (Fsp3) is 0.611. The smallest absolute Gasteiger partial charge is 0.217 e. The van der Waals surface area contributed by atoms with Gasteiger partial charge in [-0.3, -0.25) is 4.79 Å². The Hall–Kier alpha value is -1.35. The van der Waals surface area contributed by atoms with Gasteiger partial charge in [-0.25, -0.2) is 0 Å². The number of amides is 1. The van der Waals surface area contributed by atoms with Crippen molar-refractivity contribution in [1.29, 1.82) is 0 Å². The third-order valence-corrected chi connectivity index (χ3v) is 4.14. The minimum Gasteiger partial charge on any atom is -0.370 e. The maximum atomic E-state index is 10.8. The summed E-state index contributed by atoms with van der Waals surface area (Å²) >= 11 is 0. The quantitative estimate of drug-likeness (QED) is 0.684. The van der Waals surface area contributed by atoms with Crippen LogP contribution in [0, 0.1) is 0 Å². The average Bonchev–Trinajstić information content (AvgIpc) is 2.49.